The zero-order valence-electron chi connectivity index (χ0n) is 11.0. The van der Waals surface area contributed by atoms with Gasteiger partial charge in [0, 0.05) is 5.56 Å². The average molecular weight is 284 g/mol. The van der Waals surface area contributed by atoms with Gasteiger partial charge >= 0.3 is 5.97 Å². The van der Waals surface area contributed by atoms with Crippen LogP contribution in [-0.2, 0) is 14.6 Å². The molecule has 0 saturated carbocycles. The molecule has 0 saturated heterocycles. The van der Waals surface area contributed by atoms with Crippen LogP contribution in [0.1, 0.15) is 29.8 Å². The highest BCUT2D eigenvalue weighted by molar-refractivity contribution is 7.94. The van der Waals surface area contributed by atoms with Crippen LogP contribution < -0.4 is 0 Å². The van der Waals surface area contributed by atoms with Crippen molar-refractivity contribution < 1.29 is 23.1 Å². The zero-order chi connectivity index (χ0) is 14.8. The first-order chi connectivity index (χ1) is 8.58. The molecular formula is C13H16O5S. The van der Waals surface area contributed by atoms with E-state index in [9.17, 15) is 18.0 Å². The van der Waals surface area contributed by atoms with Gasteiger partial charge in [-0.25, -0.2) is 8.42 Å². The van der Waals surface area contributed by atoms with E-state index in [2.05, 4.69) is 0 Å². The number of rotatable bonds is 5. The fourth-order valence-electron chi connectivity index (χ4n) is 1.31. The summed E-state index contributed by atoms with van der Waals surface area (Å²) in [4.78, 5) is 22.8. The van der Waals surface area contributed by atoms with Gasteiger partial charge in [-0.15, -0.1) is 0 Å². The SMILES string of the molecule is Cc1ccc(C(=O)CS(=O)(=O)C(C)(C)C(=O)O)cc1. The van der Waals surface area contributed by atoms with E-state index in [0.29, 0.717) is 0 Å². The summed E-state index contributed by atoms with van der Waals surface area (Å²) in [5.74, 6) is -2.88. The van der Waals surface area contributed by atoms with Gasteiger partial charge in [-0.1, -0.05) is 29.8 Å². The van der Waals surface area contributed by atoms with Crippen LogP contribution in [0.2, 0.25) is 0 Å². The molecule has 0 atom stereocenters. The van der Waals surface area contributed by atoms with Gasteiger partial charge in [0.25, 0.3) is 0 Å². The first kappa shape index (κ1) is 15.4. The number of carbonyl (C=O) groups excluding carboxylic acids is 1. The van der Waals surface area contributed by atoms with E-state index in [-0.39, 0.29) is 5.56 Å². The van der Waals surface area contributed by atoms with E-state index in [1.54, 1.807) is 12.1 Å². The second-order valence-corrected chi connectivity index (χ2v) is 7.40. The van der Waals surface area contributed by atoms with Crippen LogP contribution >= 0.6 is 0 Å². The van der Waals surface area contributed by atoms with Crippen LogP contribution in [-0.4, -0.2) is 35.8 Å². The standard InChI is InChI=1S/C13H16O5S/c1-9-4-6-10(7-5-9)11(14)8-19(17,18)13(2,3)12(15)16/h4-7H,8H2,1-3H3,(H,15,16). The molecule has 1 rings (SSSR count). The molecule has 19 heavy (non-hydrogen) atoms. The number of ketones is 1. The van der Waals surface area contributed by atoms with Crippen molar-refractivity contribution in [2.24, 2.45) is 0 Å². The Bertz CT molecular complexity index is 596. The molecular weight excluding hydrogens is 268 g/mol. The minimum atomic E-state index is -4.07. The molecule has 0 aliphatic rings. The molecule has 1 aromatic rings. The number of hydrogen-bond donors (Lipinski definition) is 1. The molecule has 1 N–H and O–H groups in total. The molecule has 1 aromatic carbocycles. The maximum atomic E-state index is 11.9. The predicted molar refractivity (Wildman–Crippen MR) is 71.0 cm³/mol. The van der Waals surface area contributed by atoms with E-state index in [1.165, 1.54) is 12.1 Å². The summed E-state index contributed by atoms with van der Waals surface area (Å²) in [7, 11) is -4.07. The molecule has 6 heteroatoms. The number of carboxylic acids is 1. The Morgan fingerprint density at radius 2 is 1.63 bits per heavy atom. The molecule has 0 spiro atoms. The smallest absolute Gasteiger partial charge is 0.324 e. The molecule has 0 heterocycles. The van der Waals surface area contributed by atoms with Gasteiger partial charge in [-0.05, 0) is 20.8 Å². The monoisotopic (exact) mass is 284 g/mol. The number of aliphatic carboxylic acids is 1. The second-order valence-electron chi connectivity index (χ2n) is 4.86. The van der Waals surface area contributed by atoms with E-state index in [4.69, 9.17) is 5.11 Å². The Hall–Kier alpha value is -1.69. The molecule has 5 nitrogen and oxygen atoms in total. The largest absolute Gasteiger partial charge is 0.480 e. The molecule has 0 unspecified atom stereocenters. The topological polar surface area (TPSA) is 88.5 Å². The van der Waals surface area contributed by atoms with E-state index >= 15 is 0 Å². The summed E-state index contributed by atoms with van der Waals surface area (Å²) in [6, 6.07) is 6.45. The normalized spacial score (nSPS) is 12.2. The van der Waals surface area contributed by atoms with Crippen molar-refractivity contribution in [3.8, 4) is 0 Å². The van der Waals surface area contributed by atoms with Crippen LogP contribution in [0, 0.1) is 6.92 Å². The lowest BCUT2D eigenvalue weighted by Crippen LogP contribution is -2.43. The second kappa shape index (κ2) is 5.13. The first-order valence-electron chi connectivity index (χ1n) is 5.63. The summed E-state index contributed by atoms with van der Waals surface area (Å²) in [6.07, 6.45) is 0. The summed E-state index contributed by atoms with van der Waals surface area (Å²) >= 11 is 0. The summed E-state index contributed by atoms with van der Waals surface area (Å²) in [5.41, 5.74) is 1.21. The molecule has 0 radical (unpaired) electrons. The van der Waals surface area contributed by atoms with Crippen molar-refractivity contribution in [1.82, 2.24) is 0 Å². The van der Waals surface area contributed by atoms with Crippen LogP contribution in [0.3, 0.4) is 0 Å². The Morgan fingerprint density at radius 3 is 2.05 bits per heavy atom. The Kier molecular flexibility index (Phi) is 4.15. The number of hydrogen-bond acceptors (Lipinski definition) is 4. The summed E-state index contributed by atoms with van der Waals surface area (Å²) < 4.78 is 21.9. The maximum absolute atomic E-state index is 11.9. The lowest BCUT2D eigenvalue weighted by atomic mass is 10.1. The number of carboxylic acid groups (broad SMARTS) is 1. The molecule has 0 fully saturated rings. The van der Waals surface area contributed by atoms with Gasteiger partial charge in [0.15, 0.2) is 20.4 Å². The average Bonchev–Trinajstić information content (AvgIpc) is 2.28. The van der Waals surface area contributed by atoms with Gasteiger partial charge in [0.1, 0.15) is 5.75 Å². The van der Waals surface area contributed by atoms with Crippen molar-refractivity contribution in [2.45, 2.75) is 25.5 Å². The number of benzene rings is 1. The third-order valence-electron chi connectivity index (χ3n) is 2.99. The maximum Gasteiger partial charge on any atom is 0.324 e. The lowest BCUT2D eigenvalue weighted by molar-refractivity contribution is -0.139. The van der Waals surface area contributed by atoms with Gasteiger partial charge in [0.2, 0.25) is 0 Å². The van der Waals surface area contributed by atoms with Crippen molar-refractivity contribution in [2.75, 3.05) is 5.75 Å². The van der Waals surface area contributed by atoms with Crippen LogP contribution in [0.25, 0.3) is 0 Å². The number of aryl methyl sites for hydroxylation is 1. The highest BCUT2D eigenvalue weighted by atomic mass is 32.2. The minimum absolute atomic E-state index is 0.260. The predicted octanol–water partition coefficient (Wildman–Crippen LogP) is 1.46. The summed E-state index contributed by atoms with van der Waals surface area (Å²) in [6.45, 7) is 4.00. The highest BCUT2D eigenvalue weighted by Gasteiger charge is 2.42. The van der Waals surface area contributed by atoms with Crippen molar-refractivity contribution in [1.29, 1.82) is 0 Å². The van der Waals surface area contributed by atoms with Gasteiger partial charge < -0.3 is 5.11 Å². The lowest BCUT2D eigenvalue weighted by Gasteiger charge is -2.19. The fourth-order valence-corrected chi connectivity index (χ4v) is 2.45. The highest BCUT2D eigenvalue weighted by Crippen LogP contribution is 2.19. The summed E-state index contributed by atoms with van der Waals surface area (Å²) in [5, 5.41) is 8.91. The third kappa shape index (κ3) is 3.20. The number of carbonyl (C=O) groups is 2. The van der Waals surface area contributed by atoms with Crippen LogP contribution in [0.5, 0.6) is 0 Å². The van der Waals surface area contributed by atoms with Gasteiger partial charge in [-0.3, -0.25) is 9.59 Å². The molecule has 0 bridgehead atoms. The van der Waals surface area contributed by atoms with E-state index in [0.717, 1.165) is 19.4 Å². The first-order valence-corrected chi connectivity index (χ1v) is 7.29. The van der Waals surface area contributed by atoms with E-state index < -0.39 is 32.1 Å². The fraction of sp³-hybridized carbons (Fsp3) is 0.385. The van der Waals surface area contributed by atoms with Crippen LogP contribution in [0.15, 0.2) is 24.3 Å². The molecule has 0 aliphatic heterocycles. The third-order valence-corrected chi connectivity index (χ3v) is 5.36. The van der Waals surface area contributed by atoms with E-state index in [1.807, 2.05) is 6.92 Å². The Balaban J connectivity index is 3.00. The molecule has 104 valence electrons. The number of Topliss-reactive ketones (excluding diaryl/α,β-unsaturated/α-hetero) is 1. The van der Waals surface area contributed by atoms with Crippen molar-refractivity contribution in [3.05, 3.63) is 35.4 Å². The minimum Gasteiger partial charge on any atom is -0.480 e. The molecule has 0 amide bonds. The Labute approximate surface area is 112 Å². The zero-order valence-corrected chi connectivity index (χ0v) is 11.8. The van der Waals surface area contributed by atoms with Crippen LogP contribution in [0.4, 0.5) is 0 Å². The van der Waals surface area contributed by atoms with Crippen molar-refractivity contribution in [3.63, 3.8) is 0 Å². The Morgan fingerprint density at radius 1 is 1.16 bits per heavy atom. The molecule has 0 aromatic heterocycles. The van der Waals surface area contributed by atoms with Gasteiger partial charge in [0.05, 0.1) is 0 Å². The van der Waals surface area contributed by atoms with Crippen molar-refractivity contribution >= 4 is 21.6 Å². The molecule has 0 aliphatic carbocycles. The van der Waals surface area contributed by atoms with Gasteiger partial charge in [-0.2, -0.15) is 0 Å². The number of sulfone groups is 1. The quantitative estimate of drug-likeness (QED) is 0.827.